The first-order chi connectivity index (χ1) is 12.4. The van der Waals surface area contributed by atoms with Crippen LogP contribution in [0.2, 0.25) is 0 Å². The van der Waals surface area contributed by atoms with E-state index in [0.29, 0.717) is 5.69 Å². The van der Waals surface area contributed by atoms with Crippen molar-refractivity contribution < 1.29 is 14.3 Å². The molecule has 1 heterocycles. The van der Waals surface area contributed by atoms with E-state index in [0.717, 1.165) is 25.5 Å². The van der Waals surface area contributed by atoms with E-state index < -0.39 is 11.9 Å². The zero-order chi connectivity index (χ0) is 18.7. The third kappa shape index (κ3) is 4.31. The van der Waals surface area contributed by atoms with Crippen LogP contribution in [0.25, 0.3) is 11.0 Å². The van der Waals surface area contributed by atoms with Crippen molar-refractivity contribution in [2.45, 2.75) is 13.5 Å². The zero-order valence-corrected chi connectivity index (χ0v) is 17.0. The smallest absolute Gasteiger partial charge is 0.326 e. The average molecular weight is 481 g/mol. The van der Waals surface area contributed by atoms with Gasteiger partial charge >= 0.3 is 5.97 Å². The number of carbonyl (C=O) groups is 2. The van der Waals surface area contributed by atoms with Crippen LogP contribution >= 0.6 is 31.9 Å². The van der Waals surface area contributed by atoms with Crippen LogP contribution < -0.4 is 5.32 Å². The number of hydrogen-bond acceptors (Lipinski definition) is 4. The van der Waals surface area contributed by atoms with Gasteiger partial charge in [-0.25, -0.2) is 4.98 Å². The number of benzene rings is 2. The third-order valence-corrected chi connectivity index (χ3v) is 4.89. The number of fused-ring (bicyclic) bond motifs is 1. The van der Waals surface area contributed by atoms with E-state index >= 15 is 0 Å². The quantitative estimate of drug-likeness (QED) is 0.559. The van der Waals surface area contributed by atoms with Crippen molar-refractivity contribution in [3.63, 3.8) is 0 Å². The predicted octanol–water partition coefficient (Wildman–Crippen LogP) is 4.05. The largest absolute Gasteiger partial charge is 0.454 e. The Labute approximate surface area is 166 Å². The molecule has 26 heavy (non-hydrogen) atoms. The Morgan fingerprint density at radius 2 is 1.88 bits per heavy atom. The standard InChI is InChI=1S/C18H15Br2N3O3/c1-11-6-12(19)18(13(20)7-11)22-16(24)9-26-17(25)8-23-10-21-14-4-2-3-5-15(14)23/h2-7,10H,8-9H2,1H3,(H,22,24). The Hall–Kier alpha value is -2.19. The van der Waals surface area contributed by atoms with Gasteiger partial charge in [-0.2, -0.15) is 0 Å². The maximum Gasteiger partial charge on any atom is 0.326 e. The first-order valence-corrected chi connectivity index (χ1v) is 9.33. The van der Waals surface area contributed by atoms with Gasteiger partial charge < -0.3 is 14.6 Å². The van der Waals surface area contributed by atoms with Crippen LogP contribution in [0.15, 0.2) is 51.7 Å². The summed E-state index contributed by atoms with van der Waals surface area (Å²) in [5.74, 6) is -0.926. The van der Waals surface area contributed by atoms with Gasteiger partial charge in [-0.15, -0.1) is 0 Å². The Morgan fingerprint density at radius 1 is 1.19 bits per heavy atom. The molecule has 3 rings (SSSR count). The summed E-state index contributed by atoms with van der Waals surface area (Å²) in [7, 11) is 0. The fourth-order valence-corrected chi connectivity index (χ4v) is 4.08. The number of aromatic nitrogens is 2. The van der Waals surface area contributed by atoms with E-state index in [9.17, 15) is 9.59 Å². The van der Waals surface area contributed by atoms with Crippen LogP contribution in [0.1, 0.15) is 5.56 Å². The number of halogens is 2. The molecule has 0 aliphatic carbocycles. The molecular formula is C18H15Br2N3O3. The maximum absolute atomic E-state index is 12.1. The van der Waals surface area contributed by atoms with E-state index in [4.69, 9.17) is 4.74 Å². The number of esters is 1. The summed E-state index contributed by atoms with van der Waals surface area (Å²) in [4.78, 5) is 28.3. The summed E-state index contributed by atoms with van der Waals surface area (Å²) in [6.45, 7) is 1.58. The predicted molar refractivity (Wildman–Crippen MR) is 106 cm³/mol. The van der Waals surface area contributed by atoms with Crippen molar-refractivity contribution in [1.82, 2.24) is 9.55 Å². The molecule has 1 amide bonds. The SMILES string of the molecule is Cc1cc(Br)c(NC(=O)COC(=O)Cn2cnc3ccccc32)c(Br)c1. The molecule has 0 atom stereocenters. The number of para-hydroxylation sites is 2. The van der Waals surface area contributed by atoms with E-state index in [1.54, 1.807) is 10.9 Å². The molecule has 3 aromatic rings. The molecule has 0 bridgehead atoms. The molecule has 0 saturated carbocycles. The van der Waals surface area contributed by atoms with Gasteiger partial charge in [-0.1, -0.05) is 12.1 Å². The first kappa shape index (κ1) is 18.6. The van der Waals surface area contributed by atoms with Gasteiger partial charge in [0.15, 0.2) is 6.61 Å². The van der Waals surface area contributed by atoms with Gasteiger partial charge in [0.1, 0.15) is 6.54 Å². The highest BCUT2D eigenvalue weighted by Gasteiger charge is 2.13. The molecular weight excluding hydrogens is 466 g/mol. The summed E-state index contributed by atoms with van der Waals surface area (Å²) in [6.07, 6.45) is 1.58. The van der Waals surface area contributed by atoms with E-state index in [1.165, 1.54) is 0 Å². The molecule has 1 N–H and O–H groups in total. The van der Waals surface area contributed by atoms with Crippen LogP contribution in [0.4, 0.5) is 5.69 Å². The minimum absolute atomic E-state index is 0.00822. The van der Waals surface area contributed by atoms with Crippen molar-refractivity contribution in [3.05, 3.63) is 57.2 Å². The number of ether oxygens (including phenoxy) is 1. The molecule has 0 saturated heterocycles. The molecule has 0 spiro atoms. The number of amides is 1. The van der Waals surface area contributed by atoms with Gasteiger partial charge in [0.25, 0.3) is 5.91 Å². The van der Waals surface area contributed by atoms with Crippen molar-refractivity contribution in [1.29, 1.82) is 0 Å². The maximum atomic E-state index is 12.1. The zero-order valence-electron chi connectivity index (χ0n) is 13.8. The lowest BCUT2D eigenvalue weighted by Gasteiger charge is -2.11. The average Bonchev–Trinajstić information content (AvgIpc) is 2.99. The van der Waals surface area contributed by atoms with E-state index in [1.807, 2.05) is 43.3 Å². The second kappa shape index (κ2) is 8.01. The summed E-state index contributed by atoms with van der Waals surface area (Å²) in [5.41, 5.74) is 3.27. The summed E-state index contributed by atoms with van der Waals surface area (Å²) in [6, 6.07) is 11.3. The Kier molecular flexibility index (Phi) is 5.73. The van der Waals surface area contributed by atoms with Gasteiger partial charge in [0.2, 0.25) is 0 Å². The molecule has 1 aromatic heterocycles. The Balaban J connectivity index is 1.57. The number of anilines is 1. The van der Waals surface area contributed by atoms with Crippen molar-refractivity contribution >= 4 is 60.5 Å². The molecule has 2 aromatic carbocycles. The van der Waals surface area contributed by atoms with Crippen molar-refractivity contribution in [2.75, 3.05) is 11.9 Å². The topological polar surface area (TPSA) is 73.2 Å². The fourth-order valence-electron chi connectivity index (χ4n) is 2.46. The molecule has 0 fully saturated rings. The van der Waals surface area contributed by atoms with Crippen LogP contribution in [0.5, 0.6) is 0 Å². The Bertz CT molecular complexity index is 962. The lowest BCUT2D eigenvalue weighted by Crippen LogP contribution is -2.23. The number of imidazole rings is 1. The monoisotopic (exact) mass is 479 g/mol. The highest BCUT2D eigenvalue weighted by Crippen LogP contribution is 2.32. The van der Waals surface area contributed by atoms with Crippen molar-refractivity contribution in [2.24, 2.45) is 0 Å². The van der Waals surface area contributed by atoms with Gasteiger partial charge in [-0.05, 0) is 68.6 Å². The molecule has 8 heteroatoms. The van der Waals surface area contributed by atoms with Crippen LogP contribution in [0, 0.1) is 6.92 Å². The number of hydrogen-bond donors (Lipinski definition) is 1. The fraction of sp³-hybridized carbons (Fsp3) is 0.167. The van der Waals surface area contributed by atoms with E-state index in [2.05, 4.69) is 42.2 Å². The minimum Gasteiger partial charge on any atom is -0.454 e. The molecule has 0 aliphatic rings. The molecule has 134 valence electrons. The number of nitrogens with one attached hydrogen (secondary N) is 1. The summed E-state index contributed by atoms with van der Waals surface area (Å²) >= 11 is 6.81. The number of carbonyl (C=O) groups excluding carboxylic acids is 2. The number of nitrogens with zero attached hydrogens (tertiary/aromatic N) is 2. The number of rotatable bonds is 5. The van der Waals surface area contributed by atoms with Gasteiger partial charge in [0.05, 0.1) is 23.0 Å². The summed E-state index contributed by atoms with van der Waals surface area (Å²) in [5, 5.41) is 2.72. The minimum atomic E-state index is -0.509. The van der Waals surface area contributed by atoms with Crippen molar-refractivity contribution in [3.8, 4) is 0 Å². The molecule has 0 aliphatic heterocycles. The lowest BCUT2D eigenvalue weighted by atomic mass is 10.2. The second-order valence-electron chi connectivity index (χ2n) is 5.67. The second-order valence-corrected chi connectivity index (χ2v) is 7.38. The highest BCUT2D eigenvalue weighted by atomic mass is 79.9. The van der Waals surface area contributed by atoms with Gasteiger partial charge in [-0.3, -0.25) is 9.59 Å². The lowest BCUT2D eigenvalue weighted by molar-refractivity contribution is -0.147. The van der Waals surface area contributed by atoms with Crippen LogP contribution in [0.3, 0.4) is 0 Å². The Morgan fingerprint density at radius 3 is 2.62 bits per heavy atom. The highest BCUT2D eigenvalue weighted by molar-refractivity contribution is 9.11. The molecule has 0 unspecified atom stereocenters. The molecule has 6 nitrogen and oxygen atoms in total. The first-order valence-electron chi connectivity index (χ1n) is 7.75. The van der Waals surface area contributed by atoms with Gasteiger partial charge in [0, 0.05) is 8.95 Å². The normalized spacial score (nSPS) is 10.7. The van der Waals surface area contributed by atoms with Crippen LogP contribution in [-0.2, 0) is 20.9 Å². The third-order valence-electron chi connectivity index (χ3n) is 3.64. The van der Waals surface area contributed by atoms with E-state index in [-0.39, 0.29) is 13.2 Å². The molecule has 0 radical (unpaired) electrons. The van der Waals surface area contributed by atoms with Crippen LogP contribution in [-0.4, -0.2) is 28.0 Å². The number of aryl methyl sites for hydroxylation is 1. The summed E-state index contributed by atoms with van der Waals surface area (Å²) < 4.78 is 8.24.